The smallest absolute Gasteiger partial charge is 0.359 e. The number of rotatable bonds is 4. The molecule has 0 unspecified atom stereocenters. The molecule has 4 rings (SSSR count). The summed E-state index contributed by atoms with van der Waals surface area (Å²) in [7, 11) is 0. The van der Waals surface area contributed by atoms with E-state index in [0.717, 1.165) is 21.0 Å². The van der Waals surface area contributed by atoms with Gasteiger partial charge < -0.3 is 4.74 Å². The van der Waals surface area contributed by atoms with Gasteiger partial charge in [-0.3, -0.25) is 0 Å². The van der Waals surface area contributed by atoms with Crippen molar-refractivity contribution in [1.82, 2.24) is 9.78 Å². The van der Waals surface area contributed by atoms with Crippen molar-refractivity contribution in [2.45, 2.75) is 26.7 Å². The average molecular weight is 445 g/mol. The van der Waals surface area contributed by atoms with Gasteiger partial charge in [0.15, 0.2) is 5.69 Å². The van der Waals surface area contributed by atoms with E-state index < -0.39 is 5.97 Å². The van der Waals surface area contributed by atoms with Gasteiger partial charge in [0.1, 0.15) is 0 Å². The highest BCUT2D eigenvalue weighted by Gasteiger charge is 2.25. The van der Waals surface area contributed by atoms with Crippen LogP contribution in [0.4, 0.5) is 0 Å². The SMILES string of the molecule is CCOC(=O)c1nn(-c2ccc(Cl)cc2Cl)c(-c2ccc(C#CC3CC3)s2)c1C. The van der Waals surface area contributed by atoms with Crippen LogP contribution in [0.2, 0.25) is 10.0 Å². The van der Waals surface area contributed by atoms with E-state index in [1.54, 1.807) is 41.1 Å². The monoisotopic (exact) mass is 444 g/mol. The summed E-state index contributed by atoms with van der Waals surface area (Å²) in [6.07, 6.45) is 2.38. The molecular formula is C22H18Cl2N2O2S. The van der Waals surface area contributed by atoms with E-state index in [2.05, 4.69) is 16.9 Å². The van der Waals surface area contributed by atoms with Crippen molar-refractivity contribution in [1.29, 1.82) is 0 Å². The van der Waals surface area contributed by atoms with E-state index in [9.17, 15) is 4.79 Å². The van der Waals surface area contributed by atoms with Gasteiger partial charge in [-0.25, -0.2) is 9.48 Å². The second-order valence-electron chi connectivity index (χ2n) is 6.76. The number of thiophene rings is 1. The van der Waals surface area contributed by atoms with Gasteiger partial charge in [0.2, 0.25) is 0 Å². The Kier molecular flexibility index (Phi) is 5.69. The maximum atomic E-state index is 12.5. The zero-order valence-electron chi connectivity index (χ0n) is 16.0. The van der Waals surface area contributed by atoms with Crippen molar-refractivity contribution in [2.24, 2.45) is 5.92 Å². The lowest BCUT2D eigenvalue weighted by atomic mass is 10.1. The molecule has 0 amide bonds. The van der Waals surface area contributed by atoms with Crippen molar-refractivity contribution >= 4 is 40.5 Å². The fourth-order valence-electron chi connectivity index (χ4n) is 2.94. The number of hydrogen-bond acceptors (Lipinski definition) is 4. The number of aromatic nitrogens is 2. The zero-order chi connectivity index (χ0) is 20.5. The van der Waals surface area contributed by atoms with Crippen LogP contribution in [0.15, 0.2) is 30.3 Å². The minimum Gasteiger partial charge on any atom is -0.461 e. The third-order valence-corrected chi connectivity index (χ3v) is 6.09. The molecule has 1 aromatic carbocycles. The van der Waals surface area contributed by atoms with Gasteiger partial charge in [-0.15, -0.1) is 11.3 Å². The lowest BCUT2D eigenvalue weighted by molar-refractivity contribution is 0.0518. The van der Waals surface area contributed by atoms with Gasteiger partial charge in [0, 0.05) is 16.5 Å². The van der Waals surface area contributed by atoms with Crippen LogP contribution in [0.5, 0.6) is 0 Å². The number of hydrogen-bond donors (Lipinski definition) is 0. The fourth-order valence-corrected chi connectivity index (χ4v) is 4.38. The molecule has 2 heterocycles. The maximum absolute atomic E-state index is 12.5. The van der Waals surface area contributed by atoms with Gasteiger partial charge in [-0.1, -0.05) is 35.0 Å². The minimum absolute atomic E-state index is 0.270. The second kappa shape index (κ2) is 8.23. The predicted octanol–water partition coefficient (Wildman–Crippen LogP) is 6.15. The Morgan fingerprint density at radius 3 is 2.79 bits per heavy atom. The zero-order valence-corrected chi connectivity index (χ0v) is 18.3. The summed E-state index contributed by atoms with van der Waals surface area (Å²) >= 11 is 14.1. The number of carbonyl (C=O) groups is 1. The van der Waals surface area contributed by atoms with Crippen LogP contribution in [0.25, 0.3) is 16.3 Å². The van der Waals surface area contributed by atoms with E-state index in [4.69, 9.17) is 27.9 Å². The quantitative estimate of drug-likeness (QED) is 0.357. The molecular weight excluding hydrogens is 427 g/mol. The molecule has 0 aliphatic heterocycles. The first-order valence-corrected chi connectivity index (χ1v) is 10.9. The normalized spacial score (nSPS) is 13.1. The standard InChI is InChI=1S/C22H18Cl2N2O2S/c1-3-28-22(27)20-13(2)21(19-11-9-16(29-19)8-6-14-4-5-14)26(25-20)18-10-7-15(23)12-17(18)24/h7,9-12,14H,3-5H2,1-2H3. The van der Waals surface area contributed by atoms with Crippen LogP contribution in [0.1, 0.15) is 40.7 Å². The van der Waals surface area contributed by atoms with Crippen molar-refractivity contribution in [3.05, 3.63) is 56.5 Å². The van der Waals surface area contributed by atoms with Crippen LogP contribution in [-0.2, 0) is 4.74 Å². The van der Waals surface area contributed by atoms with E-state index in [0.29, 0.717) is 21.7 Å². The van der Waals surface area contributed by atoms with E-state index in [1.807, 2.05) is 19.1 Å². The highest BCUT2D eigenvalue weighted by atomic mass is 35.5. The molecule has 0 radical (unpaired) electrons. The number of benzene rings is 1. The molecule has 4 nitrogen and oxygen atoms in total. The third-order valence-electron chi connectivity index (χ3n) is 4.55. The van der Waals surface area contributed by atoms with Crippen molar-refractivity contribution in [3.63, 3.8) is 0 Å². The summed E-state index contributed by atoms with van der Waals surface area (Å²) in [5, 5.41) is 5.52. The molecule has 0 bridgehead atoms. The molecule has 0 N–H and O–H groups in total. The topological polar surface area (TPSA) is 44.1 Å². The number of nitrogens with zero attached hydrogens (tertiary/aromatic N) is 2. The van der Waals surface area contributed by atoms with Gasteiger partial charge in [0.05, 0.1) is 32.8 Å². The Hall–Kier alpha value is -2.26. The Morgan fingerprint density at radius 1 is 1.31 bits per heavy atom. The van der Waals surface area contributed by atoms with Gasteiger partial charge in [-0.05, 0) is 57.0 Å². The number of carbonyl (C=O) groups excluding carboxylic acids is 1. The van der Waals surface area contributed by atoms with E-state index >= 15 is 0 Å². The fraction of sp³-hybridized carbons (Fsp3) is 0.273. The summed E-state index contributed by atoms with van der Waals surface area (Å²) in [6, 6.07) is 9.19. The molecule has 0 spiro atoms. The first kappa shape index (κ1) is 20.0. The Morgan fingerprint density at radius 2 is 2.10 bits per heavy atom. The first-order valence-electron chi connectivity index (χ1n) is 9.31. The summed E-state index contributed by atoms with van der Waals surface area (Å²) in [4.78, 5) is 14.4. The molecule has 1 aliphatic rings. The molecule has 1 saturated carbocycles. The van der Waals surface area contributed by atoms with Crippen LogP contribution in [0.3, 0.4) is 0 Å². The summed E-state index contributed by atoms with van der Waals surface area (Å²) in [5.74, 6) is 6.61. The summed E-state index contributed by atoms with van der Waals surface area (Å²) in [5.41, 5.74) is 2.44. The lowest BCUT2D eigenvalue weighted by Gasteiger charge is -2.09. The van der Waals surface area contributed by atoms with E-state index in [1.165, 1.54) is 12.8 Å². The highest BCUT2D eigenvalue weighted by molar-refractivity contribution is 7.16. The lowest BCUT2D eigenvalue weighted by Crippen LogP contribution is -2.07. The van der Waals surface area contributed by atoms with Gasteiger partial charge in [0.25, 0.3) is 0 Å². The Labute approximate surface area is 183 Å². The van der Waals surface area contributed by atoms with Crippen LogP contribution >= 0.6 is 34.5 Å². The van der Waals surface area contributed by atoms with Crippen molar-refractivity contribution < 1.29 is 9.53 Å². The molecule has 1 fully saturated rings. The Bertz CT molecular complexity index is 1150. The van der Waals surface area contributed by atoms with Crippen molar-refractivity contribution in [2.75, 3.05) is 6.61 Å². The van der Waals surface area contributed by atoms with Gasteiger partial charge in [-0.2, -0.15) is 5.10 Å². The number of ether oxygens (including phenoxy) is 1. The minimum atomic E-state index is -0.458. The first-order chi connectivity index (χ1) is 14.0. The molecule has 2 aromatic heterocycles. The predicted molar refractivity (Wildman–Crippen MR) is 117 cm³/mol. The Balaban J connectivity index is 1.85. The molecule has 1 aliphatic carbocycles. The molecule has 0 saturated heterocycles. The molecule has 148 valence electrons. The highest BCUT2D eigenvalue weighted by Crippen LogP contribution is 2.36. The largest absolute Gasteiger partial charge is 0.461 e. The molecule has 0 atom stereocenters. The van der Waals surface area contributed by atoms with Crippen LogP contribution < -0.4 is 0 Å². The second-order valence-corrected chi connectivity index (χ2v) is 8.69. The third kappa shape index (κ3) is 4.20. The van der Waals surface area contributed by atoms with Crippen LogP contribution in [-0.4, -0.2) is 22.4 Å². The van der Waals surface area contributed by atoms with Crippen molar-refractivity contribution in [3.8, 4) is 28.1 Å². The van der Waals surface area contributed by atoms with Gasteiger partial charge >= 0.3 is 5.97 Å². The number of halogens is 2. The number of esters is 1. The summed E-state index contributed by atoms with van der Waals surface area (Å²) in [6.45, 7) is 3.91. The van der Waals surface area contributed by atoms with E-state index in [-0.39, 0.29) is 12.3 Å². The molecule has 3 aromatic rings. The van der Waals surface area contributed by atoms with Crippen LogP contribution in [0, 0.1) is 24.7 Å². The summed E-state index contributed by atoms with van der Waals surface area (Å²) < 4.78 is 6.87. The molecule has 7 heteroatoms. The molecule has 29 heavy (non-hydrogen) atoms. The average Bonchev–Trinajstić information content (AvgIpc) is 3.29. The maximum Gasteiger partial charge on any atom is 0.359 e.